The van der Waals surface area contributed by atoms with Crippen molar-refractivity contribution in [3.05, 3.63) is 0 Å². The van der Waals surface area contributed by atoms with E-state index >= 15 is 4.39 Å². The number of hydrogen-bond donors (Lipinski definition) is 0. The number of amides is 1. The molecule has 1 amide bonds. The summed E-state index contributed by atoms with van der Waals surface area (Å²) in [4.78, 5) is 14.1. The number of hydrogen-bond acceptors (Lipinski definition) is 2. The summed E-state index contributed by atoms with van der Waals surface area (Å²) < 4.78 is 21.8. The molecule has 0 aromatic rings. The molecule has 0 radical (unpaired) electrons. The highest BCUT2D eigenvalue weighted by molar-refractivity contribution is 5.78. The third kappa shape index (κ3) is 2.23. The Morgan fingerprint density at radius 1 is 1.04 bits per heavy atom. The van der Waals surface area contributed by atoms with Crippen LogP contribution in [0.1, 0.15) is 71.6 Å². The van der Waals surface area contributed by atoms with Gasteiger partial charge in [-0.1, -0.05) is 13.8 Å². The number of carbonyl (C=O) groups excluding carboxylic acids is 1. The number of halogens is 1. The molecule has 5 aliphatic rings. The fraction of sp³-hybridized carbons (Fsp3) is 0.955. The van der Waals surface area contributed by atoms with Crippen LogP contribution in [0.5, 0.6) is 0 Å². The third-order valence-corrected chi connectivity index (χ3v) is 9.41. The highest BCUT2D eigenvalue weighted by Gasteiger charge is 2.64. The number of ether oxygens (including phenoxy) is 1. The summed E-state index contributed by atoms with van der Waals surface area (Å²) in [5.74, 6) is 1.71. The normalized spacial score (nSPS) is 53.8. The van der Waals surface area contributed by atoms with E-state index < -0.39 is 6.17 Å². The fourth-order valence-electron chi connectivity index (χ4n) is 7.73. The van der Waals surface area contributed by atoms with E-state index in [-0.39, 0.29) is 29.2 Å². The van der Waals surface area contributed by atoms with Gasteiger partial charge < -0.3 is 9.64 Å². The first-order valence-electron chi connectivity index (χ1n) is 10.9. The van der Waals surface area contributed by atoms with E-state index in [1.165, 1.54) is 32.1 Å². The number of nitrogens with zero attached hydrogens (tertiary/aromatic N) is 1. The van der Waals surface area contributed by atoms with Crippen molar-refractivity contribution < 1.29 is 13.9 Å². The number of likely N-dealkylation sites (tertiary alicyclic amines) is 1. The van der Waals surface area contributed by atoms with Gasteiger partial charge in [-0.15, -0.1) is 0 Å². The SMILES string of the molecule is CN1C(=O)CC(F)C2(C)C3CCC4(C)C(CC[C@@H]4OC4CC4)C3CC[C@@H]12. The Morgan fingerprint density at radius 2 is 1.81 bits per heavy atom. The summed E-state index contributed by atoms with van der Waals surface area (Å²) in [5.41, 5.74) is -0.0719. The lowest BCUT2D eigenvalue weighted by Gasteiger charge is -2.62. The summed E-state index contributed by atoms with van der Waals surface area (Å²) in [6, 6.07) is 0.0873. The molecule has 3 nitrogen and oxygen atoms in total. The molecule has 6 unspecified atom stereocenters. The molecule has 1 aliphatic heterocycles. The van der Waals surface area contributed by atoms with Crippen LogP contribution in [0.2, 0.25) is 0 Å². The van der Waals surface area contributed by atoms with Crippen molar-refractivity contribution in [2.24, 2.45) is 28.6 Å². The predicted octanol–water partition coefficient (Wildman–Crippen LogP) is 4.35. The van der Waals surface area contributed by atoms with Crippen LogP contribution in [-0.2, 0) is 9.53 Å². The van der Waals surface area contributed by atoms with Gasteiger partial charge in [0.25, 0.3) is 0 Å². The highest BCUT2D eigenvalue weighted by Crippen LogP contribution is 2.65. The van der Waals surface area contributed by atoms with Gasteiger partial charge in [-0.2, -0.15) is 0 Å². The minimum Gasteiger partial charge on any atom is -0.374 e. The van der Waals surface area contributed by atoms with Crippen LogP contribution < -0.4 is 0 Å². The Hall–Kier alpha value is -0.640. The van der Waals surface area contributed by atoms with Gasteiger partial charge in [0.05, 0.1) is 18.6 Å². The molecule has 4 aliphatic carbocycles. The Morgan fingerprint density at radius 3 is 2.54 bits per heavy atom. The van der Waals surface area contributed by atoms with Crippen LogP contribution in [0.4, 0.5) is 4.39 Å². The van der Waals surface area contributed by atoms with Gasteiger partial charge in [-0.25, -0.2) is 4.39 Å². The quantitative estimate of drug-likeness (QED) is 0.730. The van der Waals surface area contributed by atoms with E-state index in [1.807, 2.05) is 11.9 Å². The van der Waals surface area contributed by atoms with Gasteiger partial charge in [0.1, 0.15) is 6.17 Å². The fourth-order valence-corrected chi connectivity index (χ4v) is 7.73. The molecule has 5 fully saturated rings. The molecule has 146 valence electrons. The molecule has 8 atom stereocenters. The Bertz CT molecular complexity index is 607. The van der Waals surface area contributed by atoms with Crippen molar-refractivity contribution in [2.45, 2.75) is 96.1 Å². The second-order valence-electron chi connectivity index (χ2n) is 10.5. The second-order valence-corrected chi connectivity index (χ2v) is 10.5. The van der Waals surface area contributed by atoms with Gasteiger partial charge in [-0.05, 0) is 74.5 Å². The minimum absolute atomic E-state index is 0.00200. The first-order chi connectivity index (χ1) is 12.4. The molecule has 0 bridgehead atoms. The average Bonchev–Trinajstić information content (AvgIpc) is 3.36. The Kier molecular flexibility index (Phi) is 3.82. The summed E-state index contributed by atoms with van der Waals surface area (Å²) in [7, 11) is 1.90. The highest BCUT2D eigenvalue weighted by atomic mass is 19.1. The summed E-state index contributed by atoms with van der Waals surface area (Å²) in [6.07, 6.45) is 9.39. The van der Waals surface area contributed by atoms with Crippen LogP contribution in [0.15, 0.2) is 0 Å². The van der Waals surface area contributed by atoms with E-state index in [4.69, 9.17) is 4.74 Å². The summed E-state index contributed by atoms with van der Waals surface area (Å²) in [5, 5.41) is 0. The summed E-state index contributed by atoms with van der Waals surface area (Å²) in [6.45, 7) is 4.63. The smallest absolute Gasteiger partial charge is 0.225 e. The molecular formula is C22H34FNO2. The number of alkyl halides is 1. The van der Waals surface area contributed by atoms with E-state index in [0.29, 0.717) is 30.0 Å². The molecule has 26 heavy (non-hydrogen) atoms. The van der Waals surface area contributed by atoms with Gasteiger partial charge in [0.15, 0.2) is 0 Å². The summed E-state index contributed by atoms with van der Waals surface area (Å²) >= 11 is 0. The minimum atomic E-state index is -0.978. The zero-order chi connectivity index (χ0) is 18.3. The molecule has 0 aromatic carbocycles. The topological polar surface area (TPSA) is 29.5 Å². The molecule has 0 N–H and O–H groups in total. The van der Waals surface area contributed by atoms with Gasteiger partial charge in [-0.3, -0.25) is 4.79 Å². The van der Waals surface area contributed by atoms with Gasteiger partial charge in [0.2, 0.25) is 5.91 Å². The largest absolute Gasteiger partial charge is 0.374 e. The van der Waals surface area contributed by atoms with Crippen molar-refractivity contribution in [1.29, 1.82) is 0 Å². The molecule has 0 aromatic heterocycles. The molecular weight excluding hydrogens is 329 g/mol. The second kappa shape index (κ2) is 5.68. The number of rotatable bonds is 2. The van der Waals surface area contributed by atoms with Crippen molar-refractivity contribution in [3.8, 4) is 0 Å². The molecule has 0 spiro atoms. The Balaban J connectivity index is 1.43. The predicted molar refractivity (Wildman–Crippen MR) is 98.4 cm³/mol. The van der Waals surface area contributed by atoms with E-state index in [2.05, 4.69) is 13.8 Å². The van der Waals surface area contributed by atoms with Crippen molar-refractivity contribution in [1.82, 2.24) is 4.90 Å². The van der Waals surface area contributed by atoms with Crippen LogP contribution in [-0.4, -0.2) is 42.3 Å². The molecule has 5 rings (SSSR count). The number of piperidine rings is 1. The lowest BCUT2D eigenvalue weighted by molar-refractivity contribution is -0.178. The third-order valence-electron chi connectivity index (χ3n) is 9.41. The van der Waals surface area contributed by atoms with Crippen LogP contribution in [0, 0.1) is 28.6 Å². The van der Waals surface area contributed by atoms with E-state index in [1.54, 1.807) is 0 Å². The van der Waals surface area contributed by atoms with Crippen molar-refractivity contribution in [2.75, 3.05) is 7.05 Å². The first kappa shape index (κ1) is 17.5. The standard InChI is InChI=1S/C22H34FNO2/c1-21-11-10-16-14(15(21)7-9-19(21)26-13-4-5-13)6-8-18-22(16,2)17(23)12-20(25)24(18)3/h13-19H,4-12H2,1-3H3/t14?,15?,16?,17?,18-,19+,21?,22?/m1/s1. The lowest BCUT2D eigenvalue weighted by Crippen LogP contribution is -2.65. The zero-order valence-electron chi connectivity index (χ0n) is 16.5. The van der Waals surface area contributed by atoms with E-state index in [9.17, 15) is 4.79 Å². The van der Waals surface area contributed by atoms with Gasteiger partial charge >= 0.3 is 0 Å². The monoisotopic (exact) mass is 363 g/mol. The molecule has 4 heteroatoms. The van der Waals surface area contributed by atoms with Crippen LogP contribution in [0.25, 0.3) is 0 Å². The van der Waals surface area contributed by atoms with Crippen molar-refractivity contribution in [3.63, 3.8) is 0 Å². The maximum absolute atomic E-state index is 15.3. The molecule has 4 saturated carbocycles. The van der Waals surface area contributed by atoms with Crippen molar-refractivity contribution >= 4 is 5.91 Å². The van der Waals surface area contributed by atoms with Crippen LogP contribution in [0.3, 0.4) is 0 Å². The molecule has 1 saturated heterocycles. The zero-order valence-corrected chi connectivity index (χ0v) is 16.5. The first-order valence-corrected chi connectivity index (χ1v) is 10.9. The maximum Gasteiger partial charge on any atom is 0.225 e. The average molecular weight is 364 g/mol. The van der Waals surface area contributed by atoms with Gasteiger partial charge in [0, 0.05) is 18.5 Å². The lowest BCUT2D eigenvalue weighted by atomic mass is 9.47. The Labute approximate surface area is 157 Å². The maximum atomic E-state index is 15.3. The molecule has 1 heterocycles. The number of fused-ring (bicyclic) bond motifs is 5. The van der Waals surface area contributed by atoms with Crippen LogP contribution >= 0.6 is 0 Å². The van der Waals surface area contributed by atoms with E-state index in [0.717, 1.165) is 19.3 Å². The number of carbonyl (C=O) groups is 1.